The summed E-state index contributed by atoms with van der Waals surface area (Å²) < 4.78 is 10.9. The Kier molecular flexibility index (Phi) is 6.99. The number of ether oxygens (including phenoxy) is 1. The monoisotopic (exact) mass is 369 g/mol. The number of furan rings is 1. The summed E-state index contributed by atoms with van der Waals surface area (Å²) in [5.74, 6) is 1.52. The predicted molar refractivity (Wildman–Crippen MR) is 107 cm³/mol. The normalized spacial score (nSPS) is 11.4. The van der Waals surface area contributed by atoms with Crippen molar-refractivity contribution in [3.63, 3.8) is 0 Å². The average molecular weight is 369 g/mol. The lowest BCUT2D eigenvalue weighted by Gasteiger charge is -2.07. The predicted octanol–water partition coefficient (Wildman–Crippen LogP) is 5.36. The summed E-state index contributed by atoms with van der Waals surface area (Å²) in [5.41, 5.74) is 2.08. The van der Waals surface area contributed by atoms with E-state index in [9.17, 15) is 9.59 Å². The van der Waals surface area contributed by atoms with Crippen LogP contribution in [0.5, 0.6) is 0 Å². The Morgan fingerprint density at radius 1 is 1.15 bits per heavy atom. The lowest BCUT2D eigenvalue weighted by molar-refractivity contribution is -0.111. The molecule has 1 aromatic heterocycles. The molecule has 0 spiro atoms. The van der Waals surface area contributed by atoms with Crippen LogP contribution in [0.25, 0.3) is 6.08 Å². The Bertz CT molecular complexity index is 805. The van der Waals surface area contributed by atoms with Gasteiger partial charge in [0.05, 0.1) is 12.2 Å². The summed E-state index contributed by atoms with van der Waals surface area (Å²) in [5, 5.41) is 2.74. The molecule has 5 nitrogen and oxygen atoms in total. The van der Waals surface area contributed by atoms with Gasteiger partial charge in [0, 0.05) is 17.7 Å². The van der Waals surface area contributed by atoms with Crippen LogP contribution in [0.1, 0.15) is 73.9 Å². The first-order valence-corrected chi connectivity index (χ1v) is 9.21. The van der Waals surface area contributed by atoms with Crippen LogP contribution in [0.15, 0.2) is 40.8 Å². The minimum atomic E-state index is -0.415. The first-order chi connectivity index (χ1) is 12.8. The van der Waals surface area contributed by atoms with Gasteiger partial charge < -0.3 is 14.5 Å². The van der Waals surface area contributed by atoms with Crippen molar-refractivity contribution in [2.24, 2.45) is 0 Å². The number of anilines is 1. The van der Waals surface area contributed by atoms with Gasteiger partial charge in [-0.2, -0.15) is 0 Å². The van der Waals surface area contributed by atoms with Gasteiger partial charge in [0.1, 0.15) is 11.5 Å². The molecule has 2 aromatic rings. The summed E-state index contributed by atoms with van der Waals surface area (Å²) in [6.45, 7) is 10.5. The number of carbonyl (C=O) groups excluding carboxylic acids is 2. The highest BCUT2D eigenvalue weighted by molar-refractivity contribution is 6.02. The lowest BCUT2D eigenvalue weighted by Crippen LogP contribution is -2.09. The van der Waals surface area contributed by atoms with Crippen molar-refractivity contribution in [1.29, 1.82) is 0 Å². The third kappa shape index (κ3) is 5.58. The van der Waals surface area contributed by atoms with Crippen LogP contribution >= 0.6 is 0 Å². The van der Waals surface area contributed by atoms with Gasteiger partial charge in [0.15, 0.2) is 0 Å². The zero-order chi connectivity index (χ0) is 20.0. The van der Waals surface area contributed by atoms with Crippen LogP contribution in [0.3, 0.4) is 0 Å². The third-order valence-electron chi connectivity index (χ3n) is 4.00. The first kappa shape index (κ1) is 20.5. The van der Waals surface area contributed by atoms with Crippen molar-refractivity contribution < 1.29 is 18.7 Å². The molecule has 0 unspecified atom stereocenters. The molecule has 144 valence electrons. The van der Waals surface area contributed by atoms with Crippen LogP contribution < -0.4 is 5.32 Å². The maximum absolute atomic E-state index is 12.2. The standard InChI is InChI=1S/C22H27NO4/c1-6-26-22(25)16-8-7-9-17(12-16)23-20(24)11-10-18-13-19(14(2)3)21(27-18)15(4)5/h7-15H,6H2,1-5H3,(H,23,24)/b11-10+. The Morgan fingerprint density at radius 2 is 1.89 bits per heavy atom. The largest absolute Gasteiger partial charge is 0.462 e. The number of benzene rings is 1. The van der Waals surface area contributed by atoms with Crippen molar-refractivity contribution in [2.45, 2.75) is 46.5 Å². The topological polar surface area (TPSA) is 68.5 Å². The number of hydrogen-bond donors (Lipinski definition) is 1. The van der Waals surface area contributed by atoms with Gasteiger partial charge >= 0.3 is 5.97 Å². The van der Waals surface area contributed by atoms with Crippen molar-refractivity contribution in [2.75, 3.05) is 11.9 Å². The number of amides is 1. The second-order valence-electron chi connectivity index (χ2n) is 6.90. The highest BCUT2D eigenvalue weighted by Crippen LogP contribution is 2.30. The molecule has 0 aliphatic carbocycles. The Hall–Kier alpha value is -2.82. The maximum Gasteiger partial charge on any atom is 0.338 e. The number of nitrogens with one attached hydrogen (secondary N) is 1. The number of rotatable bonds is 7. The maximum atomic E-state index is 12.2. The van der Waals surface area contributed by atoms with Gasteiger partial charge in [-0.1, -0.05) is 33.8 Å². The molecule has 1 aromatic carbocycles. The first-order valence-electron chi connectivity index (χ1n) is 9.21. The van der Waals surface area contributed by atoms with E-state index in [1.807, 2.05) is 6.07 Å². The highest BCUT2D eigenvalue weighted by atomic mass is 16.5. The van der Waals surface area contributed by atoms with Gasteiger partial charge in [-0.3, -0.25) is 4.79 Å². The van der Waals surface area contributed by atoms with E-state index in [1.54, 1.807) is 37.3 Å². The molecule has 2 rings (SSSR count). The fraction of sp³-hybridized carbons (Fsp3) is 0.364. The van der Waals surface area contributed by atoms with Crippen LogP contribution in [0, 0.1) is 0 Å². The Morgan fingerprint density at radius 3 is 2.48 bits per heavy atom. The third-order valence-corrected chi connectivity index (χ3v) is 4.00. The molecule has 0 fully saturated rings. The fourth-order valence-corrected chi connectivity index (χ4v) is 2.70. The highest BCUT2D eigenvalue weighted by Gasteiger charge is 2.16. The van der Waals surface area contributed by atoms with E-state index in [0.29, 0.717) is 29.5 Å². The molecule has 1 heterocycles. The summed E-state index contributed by atoms with van der Waals surface area (Å²) in [6.07, 6.45) is 3.08. The van der Waals surface area contributed by atoms with E-state index >= 15 is 0 Å². The molecule has 0 aliphatic heterocycles. The molecule has 5 heteroatoms. The second-order valence-corrected chi connectivity index (χ2v) is 6.90. The molecule has 0 bridgehead atoms. The SMILES string of the molecule is CCOC(=O)c1cccc(NC(=O)/C=C/c2cc(C(C)C)c(C(C)C)o2)c1. The smallest absolute Gasteiger partial charge is 0.338 e. The fourth-order valence-electron chi connectivity index (χ4n) is 2.70. The van der Waals surface area contributed by atoms with E-state index in [0.717, 1.165) is 11.3 Å². The summed E-state index contributed by atoms with van der Waals surface area (Å²) in [4.78, 5) is 24.0. The van der Waals surface area contributed by atoms with E-state index in [-0.39, 0.29) is 11.8 Å². The van der Waals surface area contributed by atoms with Crippen molar-refractivity contribution in [3.05, 3.63) is 59.1 Å². The van der Waals surface area contributed by atoms with Crippen molar-refractivity contribution >= 4 is 23.6 Å². The van der Waals surface area contributed by atoms with E-state index in [4.69, 9.17) is 9.15 Å². The molecule has 0 radical (unpaired) electrons. The van der Waals surface area contributed by atoms with Gasteiger partial charge in [-0.25, -0.2) is 4.79 Å². The lowest BCUT2D eigenvalue weighted by atomic mass is 9.98. The Labute approximate surface area is 160 Å². The van der Waals surface area contributed by atoms with Crippen molar-refractivity contribution in [1.82, 2.24) is 0 Å². The molecule has 0 saturated heterocycles. The van der Waals surface area contributed by atoms with Crippen LogP contribution in [-0.2, 0) is 9.53 Å². The zero-order valence-corrected chi connectivity index (χ0v) is 16.5. The van der Waals surface area contributed by atoms with Gasteiger partial charge in [0.2, 0.25) is 5.91 Å². The van der Waals surface area contributed by atoms with Gasteiger partial charge in [0.25, 0.3) is 0 Å². The number of esters is 1. The molecule has 1 amide bonds. The molecule has 27 heavy (non-hydrogen) atoms. The molecule has 0 saturated carbocycles. The minimum absolute atomic E-state index is 0.281. The number of hydrogen-bond acceptors (Lipinski definition) is 4. The molecular weight excluding hydrogens is 342 g/mol. The molecule has 0 atom stereocenters. The zero-order valence-electron chi connectivity index (χ0n) is 16.5. The summed E-state index contributed by atoms with van der Waals surface area (Å²) in [6, 6.07) is 8.62. The van der Waals surface area contributed by atoms with Crippen LogP contribution in [-0.4, -0.2) is 18.5 Å². The summed E-state index contributed by atoms with van der Waals surface area (Å²) >= 11 is 0. The van der Waals surface area contributed by atoms with Gasteiger partial charge in [-0.15, -0.1) is 0 Å². The number of carbonyl (C=O) groups is 2. The van der Waals surface area contributed by atoms with Crippen LogP contribution in [0.2, 0.25) is 0 Å². The Balaban J connectivity index is 2.09. The molecule has 1 N–H and O–H groups in total. The minimum Gasteiger partial charge on any atom is -0.462 e. The molecule has 0 aliphatic rings. The average Bonchev–Trinajstić information content (AvgIpc) is 3.05. The van der Waals surface area contributed by atoms with Crippen molar-refractivity contribution in [3.8, 4) is 0 Å². The second kappa shape index (κ2) is 9.21. The molecular formula is C22H27NO4. The van der Waals surface area contributed by atoms with E-state index < -0.39 is 5.97 Å². The van der Waals surface area contributed by atoms with Crippen LogP contribution in [0.4, 0.5) is 5.69 Å². The van der Waals surface area contributed by atoms with Gasteiger partial charge in [-0.05, 0) is 48.7 Å². The van der Waals surface area contributed by atoms with E-state index in [1.165, 1.54) is 6.08 Å². The van der Waals surface area contributed by atoms with E-state index in [2.05, 4.69) is 33.0 Å². The quantitative estimate of drug-likeness (QED) is 0.527. The summed E-state index contributed by atoms with van der Waals surface area (Å²) in [7, 11) is 0.